The van der Waals surface area contributed by atoms with Gasteiger partial charge in [0, 0.05) is 12.6 Å². The van der Waals surface area contributed by atoms with E-state index >= 15 is 0 Å². The number of nitrogens with two attached hydrogens (primary N) is 1. The van der Waals surface area contributed by atoms with Crippen molar-refractivity contribution in [3.8, 4) is 0 Å². The second-order valence-electron chi connectivity index (χ2n) is 5.82. The Bertz CT molecular complexity index is 421. The zero-order chi connectivity index (χ0) is 13.8. The third-order valence-electron chi connectivity index (χ3n) is 3.87. The van der Waals surface area contributed by atoms with E-state index in [0.717, 1.165) is 25.8 Å². The van der Waals surface area contributed by atoms with Gasteiger partial charge in [0.1, 0.15) is 11.4 Å². The number of nitrogen functional groups attached to an aromatic ring is 1. The van der Waals surface area contributed by atoms with Crippen molar-refractivity contribution < 1.29 is 4.79 Å². The number of hydrogen-bond donors (Lipinski definition) is 2. The second kappa shape index (κ2) is 6.08. The number of nitrogens with zero attached hydrogens (tertiary/aromatic N) is 2. The molecule has 2 rings (SSSR count). The number of aromatic nitrogens is 2. The Hall–Kier alpha value is -1.52. The third-order valence-corrected chi connectivity index (χ3v) is 3.87. The normalized spacial score (nSPS) is 16.2. The predicted molar refractivity (Wildman–Crippen MR) is 75.7 cm³/mol. The van der Waals surface area contributed by atoms with Crippen molar-refractivity contribution >= 4 is 11.7 Å². The highest BCUT2D eigenvalue weighted by molar-refractivity contribution is 5.98. The summed E-state index contributed by atoms with van der Waals surface area (Å²) in [7, 11) is 0. The van der Waals surface area contributed by atoms with Crippen molar-refractivity contribution in [1.29, 1.82) is 0 Å². The Kier molecular flexibility index (Phi) is 4.45. The Balaban J connectivity index is 2.11. The average Bonchev–Trinajstić information content (AvgIpc) is 3.00. The first kappa shape index (κ1) is 13.9. The number of rotatable bonds is 5. The highest BCUT2D eigenvalue weighted by Gasteiger charge is 2.28. The van der Waals surface area contributed by atoms with Gasteiger partial charge in [0.15, 0.2) is 0 Å². The van der Waals surface area contributed by atoms with Crippen LogP contribution >= 0.6 is 0 Å². The molecule has 1 aromatic heterocycles. The first-order chi connectivity index (χ1) is 9.09. The van der Waals surface area contributed by atoms with Crippen LogP contribution in [0.5, 0.6) is 0 Å². The van der Waals surface area contributed by atoms with Crippen LogP contribution in [0.4, 0.5) is 5.82 Å². The number of carbonyl (C=O) groups is 1. The molecule has 1 heterocycles. The van der Waals surface area contributed by atoms with Crippen molar-refractivity contribution in [2.24, 2.45) is 5.92 Å². The van der Waals surface area contributed by atoms with Crippen LogP contribution in [0.2, 0.25) is 0 Å². The van der Waals surface area contributed by atoms with Crippen LogP contribution in [0, 0.1) is 5.92 Å². The van der Waals surface area contributed by atoms with E-state index in [-0.39, 0.29) is 5.91 Å². The first-order valence-electron chi connectivity index (χ1n) is 7.19. The largest absolute Gasteiger partial charge is 0.383 e. The summed E-state index contributed by atoms with van der Waals surface area (Å²) in [4.78, 5) is 14.6. The number of H-pyrrole nitrogens is 1. The van der Waals surface area contributed by atoms with Gasteiger partial charge in [-0.25, -0.2) is 0 Å². The number of nitrogens with one attached hydrogen (secondary N) is 1. The fourth-order valence-corrected chi connectivity index (χ4v) is 2.68. The molecule has 0 saturated heterocycles. The average molecular weight is 264 g/mol. The number of carbonyl (C=O) groups excluding carboxylic acids is 1. The fourth-order valence-electron chi connectivity index (χ4n) is 2.68. The SMILES string of the molecule is CC(C)CCN(C(=O)c1cn[nH]c1N)C1CCCC1. The summed E-state index contributed by atoms with van der Waals surface area (Å²) < 4.78 is 0. The highest BCUT2D eigenvalue weighted by atomic mass is 16.2. The lowest BCUT2D eigenvalue weighted by Gasteiger charge is -2.29. The van der Waals surface area contributed by atoms with Gasteiger partial charge < -0.3 is 10.6 Å². The van der Waals surface area contributed by atoms with Gasteiger partial charge in [-0.15, -0.1) is 0 Å². The molecule has 5 nitrogen and oxygen atoms in total. The predicted octanol–water partition coefficient (Wildman–Crippen LogP) is 2.42. The Morgan fingerprint density at radius 3 is 2.74 bits per heavy atom. The molecule has 1 fully saturated rings. The molecule has 106 valence electrons. The molecular formula is C14H24N4O. The van der Waals surface area contributed by atoms with Gasteiger partial charge in [-0.3, -0.25) is 9.89 Å². The summed E-state index contributed by atoms with van der Waals surface area (Å²) in [6.45, 7) is 5.18. The standard InChI is InChI=1S/C14H24N4O/c1-10(2)7-8-18(11-5-3-4-6-11)14(19)12-9-16-17-13(12)15/h9-11H,3-8H2,1-2H3,(H3,15,16,17). The molecule has 1 saturated carbocycles. The Morgan fingerprint density at radius 1 is 1.53 bits per heavy atom. The Labute approximate surface area is 114 Å². The molecule has 3 N–H and O–H groups in total. The summed E-state index contributed by atoms with van der Waals surface area (Å²) in [6, 6.07) is 0.376. The van der Waals surface area contributed by atoms with Gasteiger partial charge in [0.2, 0.25) is 0 Å². The van der Waals surface area contributed by atoms with Gasteiger partial charge in [-0.05, 0) is 25.2 Å². The lowest BCUT2D eigenvalue weighted by Crippen LogP contribution is -2.40. The summed E-state index contributed by atoms with van der Waals surface area (Å²) >= 11 is 0. The lowest BCUT2D eigenvalue weighted by atomic mass is 10.1. The van der Waals surface area contributed by atoms with Crippen LogP contribution in [-0.4, -0.2) is 33.6 Å². The molecule has 0 bridgehead atoms. The van der Waals surface area contributed by atoms with E-state index < -0.39 is 0 Å². The molecule has 5 heteroatoms. The summed E-state index contributed by atoms with van der Waals surface area (Å²) in [5.41, 5.74) is 6.28. The van der Waals surface area contributed by atoms with Crippen molar-refractivity contribution in [3.05, 3.63) is 11.8 Å². The molecule has 0 atom stereocenters. The van der Waals surface area contributed by atoms with Gasteiger partial charge >= 0.3 is 0 Å². The van der Waals surface area contributed by atoms with Gasteiger partial charge in [0.05, 0.1) is 6.20 Å². The summed E-state index contributed by atoms with van der Waals surface area (Å²) in [6.07, 6.45) is 7.23. The van der Waals surface area contributed by atoms with Crippen LogP contribution in [0.3, 0.4) is 0 Å². The van der Waals surface area contributed by atoms with Gasteiger partial charge in [-0.1, -0.05) is 26.7 Å². The number of aromatic amines is 1. The molecule has 1 aliphatic rings. The maximum absolute atomic E-state index is 12.6. The van der Waals surface area contributed by atoms with Gasteiger partial charge in [-0.2, -0.15) is 5.10 Å². The quantitative estimate of drug-likeness (QED) is 0.857. The van der Waals surface area contributed by atoms with Crippen molar-refractivity contribution in [1.82, 2.24) is 15.1 Å². The number of anilines is 1. The molecule has 1 aliphatic carbocycles. The van der Waals surface area contributed by atoms with Crippen LogP contribution in [0.15, 0.2) is 6.20 Å². The molecule has 0 radical (unpaired) electrons. The van der Waals surface area contributed by atoms with E-state index in [1.165, 1.54) is 19.0 Å². The van der Waals surface area contributed by atoms with E-state index in [1.807, 2.05) is 4.90 Å². The van der Waals surface area contributed by atoms with Crippen molar-refractivity contribution in [2.75, 3.05) is 12.3 Å². The van der Waals surface area contributed by atoms with E-state index in [4.69, 9.17) is 5.73 Å². The molecule has 0 aromatic carbocycles. The van der Waals surface area contributed by atoms with E-state index in [9.17, 15) is 4.79 Å². The van der Waals surface area contributed by atoms with Gasteiger partial charge in [0.25, 0.3) is 5.91 Å². The molecule has 0 unspecified atom stereocenters. The van der Waals surface area contributed by atoms with Crippen LogP contribution in [-0.2, 0) is 0 Å². The number of amides is 1. The molecular weight excluding hydrogens is 240 g/mol. The first-order valence-corrected chi connectivity index (χ1v) is 7.19. The topological polar surface area (TPSA) is 75.0 Å². The van der Waals surface area contributed by atoms with E-state index in [2.05, 4.69) is 24.0 Å². The Morgan fingerprint density at radius 2 is 2.21 bits per heavy atom. The molecule has 0 spiro atoms. The second-order valence-corrected chi connectivity index (χ2v) is 5.82. The maximum Gasteiger partial charge on any atom is 0.259 e. The smallest absolute Gasteiger partial charge is 0.259 e. The maximum atomic E-state index is 12.6. The number of hydrogen-bond acceptors (Lipinski definition) is 3. The minimum atomic E-state index is 0.0267. The van der Waals surface area contributed by atoms with Crippen molar-refractivity contribution in [2.45, 2.75) is 52.0 Å². The minimum absolute atomic E-state index is 0.0267. The van der Waals surface area contributed by atoms with E-state index in [1.54, 1.807) is 0 Å². The van der Waals surface area contributed by atoms with Crippen LogP contribution in [0.1, 0.15) is 56.3 Å². The van der Waals surface area contributed by atoms with Crippen LogP contribution in [0.25, 0.3) is 0 Å². The molecule has 19 heavy (non-hydrogen) atoms. The zero-order valence-corrected chi connectivity index (χ0v) is 11.9. The monoisotopic (exact) mass is 264 g/mol. The van der Waals surface area contributed by atoms with Crippen LogP contribution < -0.4 is 5.73 Å². The van der Waals surface area contributed by atoms with E-state index in [0.29, 0.717) is 23.3 Å². The molecule has 1 aromatic rings. The summed E-state index contributed by atoms with van der Waals surface area (Å²) in [5.74, 6) is 0.995. The third kappa shape index (κ3) is 3.28. The molecule has 1 amide bonds. The fraction of sp³-hybridized carbons (Fsp3) is 0.714. The van der Waals surface area contributed by atoms with Crippen molar-refractivity contribution in [3.63, 3.8) is 0 Å². The minimum Gasteiger partial charge on any atom is -0.383 e. The highest BCUT2D eigenvalue weighted by Crippen LogP contribution is 2.26. The summed E-state index contributed by atoms with van der Waals surface area (Å²) in [5, 5.41) is 6.49. The molecule has 0 aliphatic heterocycles. The lowest BCUT2D eigenvalue weighted by molar-refractivity contribution is 0.0673. The zero-order valence-electron chi connectivity index (χ0n) is 11.9.